The minimum absolute atomic E-state index is 0.128. The zero-order valence-corrected chi connectivity index (χ0v) is 15.0. The smallest absolute Gasteiger partial charge is 0.128 e. The first kappa shape index (κ1) is 17.6. The highest BCUT2D eigenvalue weighted by Crippen LogP contribution is 2.28. The molecule has 1 fully saturated rings. The van der Waals surface area contributed by atoms with Gasteiger partial charge in [0.25, 0.3) is 0 Å². The molecule has 1 aliphatic rings. The van der Waals surface area contributed by atoms with E-state index >= 15 is 0 Å². The molecule has 2 nitrogen and oxygen atoms in total. The van der Waals surface area contributed by atoms with Crippen molar-refractivity contribution >= 4 is 17.6 Å². The van der Waals surface area contributed by atoms with E-state index in [4.69, 9.17) is 0 Å². The average Bonchev–Trinajstić information content (AvgIpc) is 2.47. The van der Waals surface area contributed by atoms with Crippen LogP contribution in [0.15, 0.2) is 18.2 Å². The van der Waals surface area contributed by atoms with Crippen LogP contribution in [0.3, 0.4) is 0 Å². The molecule has 0 bridgehead atoms. The van der Waals surface area contributed by atoms with Crippen LogP contribution in [0.5, 0.6) is 0 Å². The molecule has 2 rings (SSSR count). The summed E-state index contributed by atoms with van der Waals surface area (Å²) in [7, 11) is 0. The number of anilines is 1. The summed E-state index contributed by atoms with van der Waals surface area (Å²) in [5, 5.41) is 3.39. The molecule has 1 saturated carbocycles. The van der Waals surface area contributed by atoms with E-state index in [2.05, 4.69) is 30.8 Å². The molecule has 22 heavy (non-hydrogen) atoms. The molecule has 0 aromatic heterocycles. The number of hydrogen-bond acceptors (Lipinski definition) is 3. The van der Waals surface area contributed by atoms with Gasteiger partial charge in [0.15, 0.2) is 0 Å². The summed E-state index contributed by atoms with van der Waals surface area (Å²) < 4.78 is 17.4. The minimum Gasteiger partial charge on any atom is -0.385 e. The lowest BCUT2D eigenvalue weighted by molar-refractivity contribution is 0.328. The highest BCUT2D eigenvalue weighted by Gasteiger charge is 2.22. The lowest BCUT2D eigenvalue weighted by Crippen LogP contribution is -2.33. The molecule has 1 aliphatic carbocycles. The van der Waals surface area contributed by atoms with E-state index in [9.17, 15) is 4.39 Å². The fourth-order valence-corrected chi connectivity index (χ4v) is 3.47. The molecule has 0 atom stereocenters. The van der Waals surface area contributed by atoms with Crippen LogP contribution in [-0.4, -0.2) is 17.3 Å². The first-order valence-electron chi connectivity index (χ1n) is 8.27. The summed E-state index contributed by atoms with van der Waals surface area (Å²) >= 11 is 1.85. The van der Waals surface area contributed by atoms with Crippen LogP contribution >= 0.6 is 11.9 Å². The number of benzene rings is 1. The molecule has 1 aromatic carbocycles. The van der Waals surface area contributed by atoms with Crippen molar-refractivity contribution in [2.45, 2.75) is 64.2 Å². The van der Waals surface area contributed by atoms with Gasteiger partial charge in [0.05, 0.1) is 0 Å². The van der Waals surface area contributed by atoms with E-state index in [0.29, 0.717) is 17.5 Å². The van der Waals surface area contributed by atoms with Gasteiger partial charge in [0.1, 0.15) is 5.82 Å². The van der Waals surface area contributed by atoms with Gasteiger partial charge in [-0.1, -0.05) is 18.0 Å². The summed E-state index contributed by atoms with van der Waals surface area (Å²) in [5.74, 6) is 0.569. The molecule has 2 N–H and O–H groups in total. The number of hydrogen-bond donors (Lipinski definition) is 2. The van der Waals surface area contributed by atoms with Gasteiger partial charge in [0.2, 0.25) is 0 Å². The van der Waals surface area contributed by atoms with E-state index < -0.39 is 0 Å². The highest BCUT2D eigenvalue weighted by molar-refractivity contribution is 7.98. The van der Waals surface area contributed by atoms with Crippen LogP contribution in [0.2, 0.25) is 0 Å². The summed E-state index contributed by atoms with van der Waals surface area (Å²) in [5.41, 5.74) is 1.60. The summed E-state index contributed by atoms with van der Waals surface area (Å²) in [4.78, 5) is 0. The van der Waals surface area contributed by atoms with Gasteiger partial charge in [-0.2, -0.15) is 0 Å². The number of rotatable bonds is 5. The summed E-state index contributed by atoms with van der Waals surface area (Å²) in [6.45, 7) is 9.45. The second-order valence-electron chi connectivity index (χ2n) is 7.39. The maximum absolute atomic E-state index is 13.5. The third-order valence-corrected chi connectivity index (χ3v) is 5.21. The number of halogens is 1. The van der Waals surface area contributed by atoms with Crippen molar-refractivity contribution in [1.82, 2.24) is 4.72 Å². The maximum atomic E-state index is 13.5. The second kappa shape index (κ2) is 7.69. The third kappa shape index (κ3) is 5.81. The molecule has 0 heterocycles. The summed E-state index contributed by atoms with van der Waals surface area (Å²) in [6, 6.07) is 6.04. The minimum atomic E-state index is -0.128. The van der Waals surface area contributed by atoms with Crippen LogP contribution in [0.4, 0.5) is 10.1 Å². The molecular formula is C18H29FN2S. The van der Waals surface area contributed by atoms with Crippen molar-refractivity contribution in [2.75, 3.05) is 11.9 Å². The Labute approximate surface area is 138 Å². The van der Waals surface area contributed by atoms with Crippen molar-refractivity contribution in [1.29, 1.82) is 0 Å². The molecule has 4 heteroatoms. The maximum Gasteiger partial charge on any atom is 0.128 e. The van der Waals surface area contributed by atoms with E-state index in [-0.39, 0.29) is 10.6 Å². The third-order valence-electron chi connectivity index (χ3n) is 4.15. The van der Waals surface area contributed by atoms with Crippen LogP contribution < -0.4 is 10.0 Å². The zero-order chi connectivity index (χ0) is 16.2. The van der Waals surface area contributed by atoms with Crippen molar-refractivity contribution < 1.29 is 4.39 Å². The van der Waals surface area contributed by atoms with Crippen LogP contribution in [0.25, 0.3) is 0 Å². The van der Waals surface area contributed by atoms with Gasteiger partial charge in [-0.3, -0.25) is 4.72 Å². The van der Waals surface area contributed by atoms with Gasteiger partial charge >= 0.3 is 0 Å². The van der Waals surface area contributed by atoms with Crippen molar-refractivity contribution in [3.63, 3.8) is 0 Å². The molecule has 0 aliphatic heterocycles. The monoisotopic (exact) mass is 324 g/mol. The molecule has 0 saturated heterocycles. The Kier molecular flexibility index (Phi) is 6.16. The van der Waals surface area contributed by atoms with Crippen molar-refractivity contribution in [3.8, 4) is 0 Å². The standard InChI is InChI=1S/C18H29FN2S/c1-13-5-8-16(11-17(13)19)20-12-14-6-9-15(10-7-14)21-22-18(2,3)4/h5,8,11,14-15,20-21H,6-7,9-10,12H2,1-4H3/t14-,15-. The van der Waals surface area contributed by atoms with E-state index in [1.165, 1.54) is 25.7 Å². The molecule has 0 radical (unpaired) electrons. The van der Waals surface area contributed by atoms with Gasteiger partial charge < -0.3 is 5.32 Å². The molecular weight excluding hydrogens is 295 g/mol. The van der Waals surface area contributed by atoms with Gasteiger partial charge in [-0.15, -0.1) is 0 Å². The second-order valence-corrected chi connectivity index (χ2v) is 9.06. The number of nitrogens with one attached hydrogen (secondary N) is 2. The quantitative estimate of drug-likeness (QED) is 0.733. The molecule has 0 unspecified atom stereocenters. The van der Waals surface area contributed by atoms with Crippen LogP contribution in [-0.2, 0) is 0 Å². The predicted molar refractivity (Wildman–Crippen MR) is 95.9 cm³/mol. The average molecular weight is 325 g/mol. The van der Waals surface area contributed by atoms with Crippen LogP contribution in [0.1, 0.15) is 52.0 Å². The molecule has 0 spiro atoms. The molecule has 1 aromatic rings. The van der Waals surface area contributed by atoms with E-state index in [1.807, 2.05) is 24.1 Å². The van der Waals surface area contributed by atoms with Gasteiger partial charge in [-0.25, -0.2) is 4.39 Å². The zero-order valence-electron chi connectivity index (χ0n) is 14.2. The summed E-state index contributed by atoms with van der Waals surface area (Å²) in [6.07, 6.45) is 4.95. The Morgan fingerprint density at radius 3 is 2.45 bits per heavy atom. The van der Waals surface area contributed by atoms with Gasteiger partial charge in [0, 0.05) is 23.0 Å². The Balaban J connectivity index is 1.70. The Hall–Kier alpha value is -0.740. The Morgan fingerprint density at radius 2 is 1.86 bits per heavy atom. The SMILES string of the molecule is Cc1ccc(NC[C@H]2CC[C@H](NSC(C)(C)C)CC2)cc1F. The lowest BCUT2D eigenvalue weighted by atomic mass is 9.86. The predicted octanol–water partition coefficient (Wildman–Crippen LogP) is 5.14. The molecule has 124 valence electrons. The Morgan fingerprint density at radius 1 is 1.18 bits per heavy atom. The van der Waals surface area contributed by atoms with E-state index in [0.717, 1.165) is 12.2 Å². The molecule has 0 amide bonds. The van der Waals surface area contributed by atoms with Crippen LogP contribution in [0, 0.1) is 18.7 Å². The normalized spacial score (nSPS) is 22.6. The first-order valence-corrected chi connectivity index (χ1v) is 9.09. The topological polar surface area (TPSA) is 24.1 Å². The Bertz CT molecular complexity index is 476. The van der Waals surface area contributed by atoms with Gasteiger partial charge in [-0.05, 0) is 77.0 Å². The first-order chi connectivity index (χ1) is 10.3. The fraction of sp³-hybridized carbons (Fsp3) is 0.667. The van der Waals surface area contributed by atoms with Crippen molar-refractivity contribution in [3.05, 3.63) is 29.6 Å². The largest absolute Gasteiger partial charge is 0.385 e. The highest BCUT2D eigenvalue weighted by atomic mass is 32.2. The van der Waals surface area contributed by atoms with E-state index in [1.54, 1.807) is 13.0 Å². The van der Waals surface area contributed by atoms with Crippen molar-refractivity contribution in [2.24, 2.45) is 5.92 Å². The number of aryl methyl sites for hydroxylation is 1. The lowest BCUT2D eigenvalue weighted by Gasteiger charge is -2.31. The fourth-order valence-electron chi connectivity index (χ4n) is 2.71.